The summed E-state index contributed by atoms with van der Waals surface area (Å²) in [4.78, 5) is 10.8. The van der Waals surface area contributed by atoms with E-state index in [0.717, 1.165) is 19.5 Å². The summed E-state index contributed by atoms with van der Waals surface area (Å²) in [5.41, 5.74) is 2.52. The lowest BCUT2D eigenvalue weighted by molar-refractivity contribution is 0.201. The second kappa shape index (κ2) is 3.42. The molecule has 13 heavy (non-hydrogen) atoms. The molecule has 0 radical (unpaired) electrons. The molecule has 0 atom stereocenters. The van der Waals surface area contributed by atoms with Gasteiger partial charge in [-0.2, -0.15) is 0 Å². The molecule has 70 valence electrons. The van der Waals surface area contributed by atoms with Gasteiger partial charge in [-0.1, -0.05) is 0 Å². The highest BCUT2D eigenvalue weighted by Crippen LogP contribution is 2.16. The molecule has 0 saturated carbocycles. The minimum atomic E-state index is 0.619. The molecule has 0 amide bonds. The summed E-state index contributed by atoms with van der Waals surface area (Å²) in [5.74, 6) is 0. The van der Waals surface area contributed by atoms with Crippen LogP contribution in [0, 0.1) is 0 Å². The highest BCUT2D eigenvalue weighted by molar-refractivity contribution is 5.18. The van der Waals surface area contributed by atoms with E-state index in [9.17, 15) is 0 Å². The van der Waals surface area contributed by atoms with Crippen molar-refractivity contribution >= 4 is 0 Å². The predicted molar refractivity (Wildman–Crippen MR) is 51.3 cm³/mol. The van der Waals surface area contributed by atoms with Gasteiger partial charge in [0, 0.05) is 43.0 Å². The van der Waals surface area contributed by atoms with Gasteiger partial charge in [-0.15, -0.1) is 0 Å². The first kappa shape index (κ1) is 8.63. The zero-order valence-electron chi connectivity index (χ0n) is 8.20. The monoisotopic (exact) mass is 177 g/mol. The number of rotatable bonds is 1. The lowest BCUT2D eigenvalue weighted by Gasteiger charge is -2.30. The first-order valence-electron chi connectivity index (χ1n) is 4.79. The van der Waals surface area contributed by atoms with Crippen molar-refractivity contribution in [2.75, 3.05) is 6.54 Å². The van der Waals surface area contributed by atoms with Crippen LogP contribution in [0.4, 0.5) is 0 Å². The summed E-state index contributed by atoms with van der Waals surface area (Å²) in [7, 11) is 0. The summed E-state index contributed by atoms with van der Waals surface area (Å²) in [5, 5.41) is 0. The fourth-order valence-electron chi connectivity index (χ4n) is 1.73. The molecule has 2 rings (SSSR count). The summed E-state index contributed by atoms with van der Waals surface area (Å²) >= 11 is 0. The number of fused-ring (bicyclic) bond motifs is 1. The van der Waals surface area contributed by atoms with Gasteiger partial charge in [0.15, 0.2) is 0 Å². The molecule has 0 spiro atoms. The Labute approximate surface area is 78.8 Å². The van der Waals surface area contributed by atoms with Crippen LogP contribution in [0.1, 0.15) is 25.1 Å². The molecule has 0 fully saturated rings. The quantitative estimate of drug-likeness (QED) is 0.646. The molecule has 2 heterocycles. The fourth-order valence-corrected chi connectivity index (χ4v) is 1.73. The lowest BCUT2D eigenvalue weighted by Crippen LogP contribution is -2.36. The van der Waals surface area contributed by atoms with Gasteiger partial charge < -0.3 is 0 Å². The first-order chi connectivity index (χ1) is 6.27. The molecule has 1 aromatic heterocycles. The molecular weight excluding hydrogens is 162 g/mol. The maximum Gasteiger partial charge on any atom is 0.115 e. The van der Waals surface area contributed by atoms with Gasteiger partial charge >= 0.3 is 0 Å². The SMILES string of the molecule is CC(C)N1CCc2ncncc2C1. The van der Waals surface area contributed by atoms with Crippen LogP contribution in [0.2, 0.25) is 0 Å². The maximum atomic E-state index is 4.28. The van der Waals surface area contributed by atoms with Crippen molar-refractivity contribution in [1.29, 1.82) is 0 Å². The van der Waals surface area contributed by atoms with Crippen molar-refractivity contribution < 1.29 is 0 Å². The molecule has 1 aliphatic heterocycles. The Morgan fingerprint density at radius 2 is 2.31 bits per heavy atom. The Balaban J connectivity index is 2.20. The molecule has 3 nitrogen and oxygen atoms in total. The standard InChI is InChI=1S/C10H15N3/c1-8(2)13-4-3-10-9(6-13)5-11-7-12-10/h5,7-8H,3-4,6H2,1-2H3. The molecule has 0 bridgehead atoms. The van der Waals surface area contributed by atoms with Crippen molar-refractivity contribution in [2.45, 2.75) is 32.9 Å². The van der Waals surface area contributed by atoms with Crippen molar-refractivity contribution in [3.63, 3.8) is 0 Å². The minimum absolute atomic E-state index is 0.619. The van der Waals surface area contributed by atoms with Crippen LogP contribution < -0.4 is 0 Å². The smallest absolute Gasteiger partial charge is 0.115 e. The van der Waals surface area contributed by atoms with E-state index in [-0.39, 0.29) is 0 Å². The van der Waals surface area contributed by atoms with E-state index in [1.165, 1.54) is 11.3 Å². The summed E-state index contributed by atoms with van der Waals surface area (Å²) in [6.45, 7) is 6.60. The number of hydrogen-bond donors (Lipinski definition) is 0. The van der Waals surface area contributed by atoms with Gasteiger partial charge in [-0.25, -0.2) is 9.97 Å². The van der Waals surface area contributed by atoms with Gasteiger partial charge in [0.05, 0.1) is 0 Å². The number of nitrogens with zero attached hydrogens (tertiary/aromatic N) is 3. The van der Waals surface area contributed by atoms with E-state index < -0.39 is 0 Å². The third-order valence-electron chi connectivity index (χ3n) is 2.62. The molecule has 1 aliphatic rings. The predicted octanol–water partition coefficient (Wildman–Crippen LogP) is 1.24. The second-order valence-corrected chi connectivity index (χ2v) is 3.81. The van der Waals surface area contributed by atoms with E-state index in [0.29, 0.717) is 6.04 Å². The van der Waals surface area contributed by atoms with Crippen molar-refractivity contribution in [3.05, 3.63) is 23.8 Å². The zero-order chi connectivity index (χ0) is 9.26. The largest absolute Gasteiger partial charge is 0.296 e. The Morgan fingerprint density at radius 1 is 1.46 bits per heavy atom. The van der Waals surface area contributed by atoms with Gasteiger partial charge in [0.1, 0.15) is 6.33 Å². The van der Waals surface area contributed by atoms with Crippen LogP contribution in [-0.2, 0) is 13.0 Å². The Bertz CT molecular complexity index is 296. The van der Waals surface area contributed by atoms with Crippen LogP contribution in [0.3, 0.4) is 0 Å². The molecule has 0 unspecified atom stereocenters. The van der Waals surface area contributed by atoms with Crippen LogP contribution in [0.15, 0.2) is 12.5 Å². The third kappa shape index (κ3) is 1.70. The molecule has 1 aromatic rings. The molecule has 0 saturated heterocycles. The van der Waals surface area contributed by atoms with Crippen LogP contribution >= 0.6 is 0 Å². The summed E-state index contributed by atoms with van der Waals surface area (Å²) in [6, 6.07) is 0.619. The van der Waals surface area contributed by atoms with Gasteiger partial charge in [0.25, 0.3) is 0 Å². The average molecular weight is 177 g/mol. The lowest BCUT2D eigenvalue weighted by atomic mass is 10.1. The summed E-state index contributed by atoms with van der Waals surface area (Å²) in [6.07, 6.45) is 4.65. The fraction of sp³-hybridized carbons (Fsp3) is 0.600. The molecule has 0 N–H and O–H groups in total. The third-order valence-corrected chi connectivity index (χ3v) is 2.62. The molecule has 0 aliphatic carbocycles. The van der Waals surface area contributed by atoms with Gasteiger partial charge in [-0.3, -0.25) is 4.90 Å². The maximum absolute atomic E-state index is 4.28. The van der Waals surface area contributed by atoms with E-state index in [4.69, 9.17) is 0 Å². The normalized spacial score (nSPS) is 17.5. The molecular formula is C10H15N3. The van der Waals surface area contributed by atoms with Gasteiger partial charge in [-0.05, 0) is 13.8 Å². The van der Waals surface area contributed by atoms with Crippen LogP contribution in [0.25, 0.3) is 0 Å². The van der Waals surface area contributed by atoms with E-state index in [1.54, 1.807) is 6.33 Å². The highest BCUT2D eigenvalue weighted by atomic mass is 15.2. The van der Waals surface area contributed by atoms with Crippen molar-refractivity contribution in [1.82, 2.24) is 14.9 Å². The Hall–Kier alpha value is -0.960. The average Bonchev–Trinajstić information content (AvgIpc) is 2.17. The molecule has 3 heteroatoms. The topological polar surface area (TPSA) is 29.0 Å². The van der Waals surface area contributed by atoms with E-state index >= 15 is 0 Å². The Kier molecular flexibility index (Phi) is 2.27. The number of hydrogen-bond acceptors (Lipinski definition) is 3. The summed E-state index contributed by atoms with van der Waals surface area (Å²) < 4.78 is 0. The first-order valence-corrected chi connectivity index (χ1v) is 4.79. The van der Waals surface area contributed by atoms with E-state index in [1.807, 2.05) is 6.20 Å². The van der Waals surface area contributed by atoms with Crippen molar-refractivity contribution in [2.24, 2.45) is 0 Å². The van der Waals surface area contributed by atoms with E-state index in [2.05, 4.69) is 28.7 Å². The zero-order valence-corrected chi connectivity index (χ0v) is 8.20. The second-order valence-electron chi connectivity index (χ2n) is 3.81. The number of aromatic nitrogens is 2. The van der Waals surface area contributed by atoms with Gasteiger partial charge in [0.2, 0.25) is 0 Å². The van der Waals surface area contributed by atoms with Crippen LogP contribution in [-0.4, -0.2) is 27.5 Å². The minimum Gasteiger partial charge on any atom is -0.296 e. The van der Waals surface area contributed by atoms with Crippen LogP contribution in [0.5, 0.6) is 0 Å². The van der Waals surface area contributed by atoms with Crippen molar-refractivity contribution in [3.8, 4) is 0 Å². The Morgan fingerprint density at radius 3 is 3.08 bits per heavy atom. The highest BCUT2D eigenvalue weighted by Gasteiger charge is 2.18. The molecule has 0 aromatic carbocycles.